The maximum Gasteiger partial charge on any atom is 0.191 e. The Morgan fingerprint density at radius 3 is 2.09 bits per heavy atom. The number of allylic oxidation sites excluding steroid dienone is 1. The molecule has 4 heteroatoms. The van der Waals surface area contributed by atoms with Gasteiger partial charge in [0.15, 0.2) is 17.4 Å². The second-order valence-corrected chi connectivity index (χ2v) is 10.3. The Morgan fingerprint density at radius 2 is 1.44 bits per heavy atom. The van der Waals surface area contributed by atoms with Gasteiger partial charge in [-0.15, -0.1) is 0 Å². The van der Waals surface area contributed by atoms with Crippen molar-refractivity contribution in [3.05, 3.63) is 41.5 Å². The molecule has 4 atom stereocenters. The van der Waals surface area contributed by atoms with Crippen molar-refractivity contribution in [1.29, 1.82) is 0 Å². The molecule has 1 aromatic carbocycles. The SMILES string of the molecule is C/C=C/COc1c(F)cc(C2CCC3CC(C4CCC(OCC)CC4)CCC3C2)cc1F. The molecule has 0 bridgehead atoms. The van der Waals surface area contributed by atoms with Gasteiger partial charge in [-0.2, -0.15) is 0 Å². The number of halogens is 2. The van der Waals surface area contributed by atoms with Crippen LogP contribution < -0.4 is 4.74 Å². The van der Waals surface area contributed by atoms with Gasteiger partial charge in [0.2, 0.25) is 0 Å². The third-order valence-electron chi connectivity index (χ3n) is 8.49. The molecule has 0 spiro atoms. The van der Waals surface area contributed by atoms with Crippen molar-refractivity contribution >= 4 is 0 Å². The third kappa shape index (κ3) is 5.55. The zero-order chi connectivity index (χ0) is 22.5. The van der Waals surface area contributed by atoms with Crippen molar-refractivity contribution in [1.82, 2.24) is 0 Å². The van der Waals surface area contributed by atoms with Crippen molar-refractivity contribution in [3.8, 4) is 5.75 Å². The Morgan fingerprint density at radius 1 is 0.844 bits per heavy atom. The lowest BCUT2D eigenvalue weighted by atomic mass is 9.60. The Hall–Kier alpha value is -1.42. The van der Waals surface area contributed by atoms with E-state index in [0.29, 0.717) is 12.0 Å². The second kappa shape index (κ2) is 11.1. The van der Waals surface area contributed by atoms with Crippen LogP contribution in [0.3, 0.4) is 0 Å². The van der Waals surface area contributed by atoms with Gasteiger partial charge in [0.1, 0.15) is 6.61 Å². The third-order valence-corrected chi connectivity index (χ3v) is 8.49. The van der Waals surface area contributed by atoms with E-state index in [1.165, 1.54) is 63.5 Å². The van der Waals surface area contributed by atoms with Gasteiger partial charge in [0.05, 0.1) is 6.10 Å². The minimum atomic E-state index is -0.571. The van der Waals surface area contributed by atoms with Crippen LogP contribution in [0.4, 0.5) is 8.78 Å². The monoisotopic (exact) mass is 446 g/mol. The molecule has 32 heavy (non-hydrogen) atoms. The van der Waals surface area contributed by atoms with Crippen LogP contribution in [0.1, 0.15) is 89.5 Å². The molecule has 4 unspecified atom stereocenters. The van der Waals surface area contributed by atoms with E-state index in [2.05, 4.69) is 6.92 Å². The lowest BCUT2D eigenvalue weighted by Gasteiger charge is -2.45. The van der Waals surface area contributed by atoms with E-state index in [9.17, 15) is 8.78 Å². The van der Waals surface area contributed by atoms with Gasteiger partial charge < -0.3 is 9.47 Å². The van der Waals surface area contributed by atoms with E-state index in [1.54, 1.807) is 6.08 Å². The van der Waals surface area contributed by atoms with Gasteiger partial charge in [-0.1, -0.05) is 12.2 Å². The highest BCUT2D eigenvalue weighted by atomic mass is 19.1. The van der Waals surface area contributed by atoms with Crippen LogP contribution in [0, 0.1) is 35.3 Å². The number of benzene rings is 1. The van der Waals surface area contributed by atoms with Crippen LogP contribution in [-0.4, -0.2) is 19.3 Å². The fraction of sp³-hybridized carbons (Fsp3) is 0.714. The summed E-state index contributed by atoms with van der Waals surface area (Å²) in [6.45, 7) is 4.98. The molecule has 4 rings (SSSR count). The Balaban J connectivity index is 1.32. The quantitative estimate of drug-likeness (QED) is 0.398. The molecule has 0 saturated heterocycles. The summed E-state index contributed by atoms with van der Waals surface area (Å²) in [5.74, 6) is 2.14. The largest absolute Gasteiger partial charge is 0.483 e. The smallest absolute Gasteiger partial charge is 0.191 e. The van der Waals surface area contributed by atoms with Crippen LogP contribution in [0.25, 0.3) is 0 Å². The summed E-state index contributed by atoms with van der Waals surface area (Å²) >= 11 is 0. The zero-order valence-electron chi connectivity index (χ0n) is 19.8. The lowest BCUT2D eigenvalue weighted by Crippen LogP contribution is -2.35. The minimum Gasteiger partial charge on any atom is -0.483 e. The first kappa shape index (κ1) is 23.7. The van der Waals surface area contributed by atoms with Crippen molar-refractivity contribution in [2.24, 2.45) is 23.7 Å². The second-order valence-electron chi connectivity index (χ2n) is 10.3. The summed E-state index contributed by atoms with van der Waals surface area (Å²) in [6.07, 6.45) is 16.5. The number of rotatable bonds is 7. The van der Waals surface area contributed by atoms with Gasteiger partial charge >= 0.3 is 0 Å². The van der Waals surface area contributed by atoms with Crippen molar-refractivity contribution in [2.75, 3.05) is 13.2 Å². The van der Waals surface area contributed by atoms with Gasteiger partial charge in [0.25, 0.3) is 0 Å². The van der Waals surface area contributed by atoms with Crippen LogP contribution in [0.2, 0.25) is 0 Å². The van der Waals surface area contributed by atoms with E-state index in [-0.39, 0.29) is 18.3 Å². The van der Waals surface area contributed by atoms with Crippen molar-refractivity contribution in [3.63, 3.8) is 0 Å². The Kier molecular flexibility index (Phi) is 8.26. The molecular weight excluding hydrogens is 406 g/mol. The Labute approximate surface area is 192 Å². The van der Waals surface area contributed by atoms with E-state index >= 15 is 0 Å². The zero-order valence-corrected chi connectivity index (χ0v) is 19.8. The average Bonchev–Trinajstić information content (AvgIpc) is 2.81. The highest BCUT2D eigenvalue weighted by Gasteiger charge is 2.39. The molecule has 3 aliphatic carbocycles. The topological polar surface area (TPSA) is 18.5 Å². The fourth-order valence-electron chi connectivity index (χ4n) is 6.80. The van der Waals surface area contributed by atoms with Crippen molar-refractivity contribution < 1.29 is 18.3 Å². The summed E-state index contributed by atoms with van der Waals surface area (Å²) in [7, 11) is 0. The first-order valence-electron chi connectivity index (χ1n) is 12.9. The molecule has 0 aliphatic heterocycles. The summed E-state index contributed by atoms with van der Waals surface area (Å²) in [4.78, 5) is 0. The highest BCUT2D eigenvalue weighted by Crippen LogP contribution is 2.51. The maximum atomic E-state index is 14.6. The van der Waals surface area contributed by atoms with Crippen LogP contribution >= 0.6 is 0 Å². The minimum absolute atomic E-state index is 0.186. The molecule has 0 aromatic heterocycles. The number of fused-ring (bicyclic) bond motifs is 1. The first-order valence-corrected chi connectivity index (χ1v) is 12.9. The molecule has 0 heterocycles. The number of hydrogen-bond acceptors (Lipinski definition) is 2. The van der Waals surface area contributed by atoms with Gasteiger partial charge in [-0.05, 0) is 125 Å². The highest BCUT2D eigenvalue weighted by molar-refractivity contribution is 5.33. The number of ether oxygens (including phenoxy) is 2. The first-order chi connectivity index (χ1) is 15.6. The normalized spacial score (nSPS) is 33.2. The fourth-order valence-corrected chi connectivity index (χ4v) is 6.80. The number of hydrogen-bond donors (Lipinski definition) is 0. The van der Waals surface area contributed by atoms with Gasteiger partial charge in [0, 0.05) is 6.61 Å². The van der Waals surface area contributed by atoms with Crippen LogP contribution in [0.15, 0.2) is 24.3 Å². The molecule has 1 aromatic rings. The molecular formula is C28H40F2O2. The summed E-state index contributed by atoms with van der Waals surface area (Å²) in [5.41, 5.74) is 0.813. The summed E-state index contributed by atoms with van der Waals surface area (Å²) in [5, 5.41) is 0. The molecule has 0 N–H and O–H groups in total. The molecule has 178 valence electrons. The van der Waals surface area contributed by atoms with E-state index in [4.69, 9.17) is 9.47 Å². The summed E-state index contributed by atoms with van der Waals surface area (Å²) < 4.78 is 40.2. The lowest BCUT2D eigenvalue weighted by molar-refractivity contribution is 0.00583. The maximum absolute atomic E-state index is 14.6. The molecule has 2 nitrogen and oxygen atoms in total. The molecule has 0 radical (unpaired) electrons. The van der Waals surface area contributed by atoms with E-state index in [1.807, 2.05) is 13.0 Å². The Bertz CT molecular complexity index is 746. The van der Waals surface area contributed by atoms with Crippen molar-refractivity contribution in [2.45, 2.75) is 90.1 Å². The predicted molar refractivity (Wildman–Crippen MR) is 125 cm³/mol. The van der Waals surface area contributed by atoms with Crippen LogP contribution in [-0.2, 0) is 4.74 Å². The standard InChI is InChI=1S/C28H40F2O2/c1-3-5-14-32-28-26(29)17-24(18-27(28)30)23-9-8-21-15-20(6-7-22(21)16-23)19-10-12-25(13-11-19)31-4-2/h3,5,17-23,25H,4,6-16H2,1-2H3/b5-3+. The molecule has 3 fully saturated rings. The van der Waals surface area contributed by atoms with Crippen LogP contribution in [0.5, 0.6) is 5.75 Å². The van der Waals surface area contributed by atoms with Gasteiger partial charge in [-0.3, -0.25) is 0 Å². The molecule has 3 aliphatic rings. The van der Waals surface area contributed by atoms with E-state index < -0.39 is 11.6 Å². The predicted octanol–water partition coefficient (Wildman–Crippen LogP) is 7.82. The van der Waals surface area contributed by atoms with E-state index in [0.717, 1.165) is 42.8 Å². The summed E-state index contributed by atoms with van der Waals surface area (Å²) in [6, 6.07) is 3.03. The molecule has 0 amide bonds. The van der Waals surface area contributed by atoms with Gasteiger partial charge in [-0.25, -0.2) is 8.78 Å². The average molecular weight is 447 g/mol. The molecule has 3 saturated carbocycles.